The molecular weight excluding hydrogens is 505 g/mol. The molecule has 0 atom stereocenters. The first kappa shape index (κ1) is 24.4. The Morgan fingerprint density at radius 2 is 1.90 bits per heavy atom. The molecule has 8 nitrogen and oxygen atoms in total. The molecule has 0 unspecified atom stereocenters. The van der Waals surface area contributed by atoms with Gasteiger partial charge in [0.05, 0.1) is 16.9 Å². The molecule has 0 radical (unpaired) electrons. The second kappa shape index (κ2) is 10.2. The van der Waals surface area contributed by atoms with Gasteiger partial charge in [0.2, 0.25) is 0 Å². The summed E-state index contributed by atoms with van der Waals surface area (Å²) in [4.78, 5) is 17.2. The predicted molar refractivity (Wildman–Crippen MR) is 153 cm³/mol. The van der Waals surface area contributed by atoms with E-state index in [9.17, 15) is 9.50 Å². The van der Waals surface area contributed by atoms with Crippen LogP contribution in [0.4, 0.5) is 4.39 Å². The Kier molecular flexibility index (Phi) is 6.20. The fraction of sp³-hybridized carbons (Fsp3) is 0.226. The van der Waals surface area contributed by atoms with Crippen molar-refractivity contribution in [2.45, 2.75) is 32.2 Å². The molecule has 1 saturated carbocycles. The van der Waals surface area contributed by atoms with Crippen LogP contribution in [0.25, 0.3) is 55.8 Å². The van der Waals surface area contributed by atoms with Crippen LogP contribution in [0, 0.1) is 11.7 Å². The van der Waals surface area contributed by atoms with Crippen LogP contribution in [0.1, 0.15) is 31.2 Å². The Bertz CT molecular complexity index is 1820. The zero-order chi connectivity index (χ0) is 27.1. The van der Waals surface area contributed by atoms with Gasteiger partial charge in [0, 0.05) is 42.2 Å². The third-order valence-corrected chi connectivity index (χ3v) is 7.72. The number of H-pyrrole nitrogens is 2. The van der Waals surface area contributed by atoms with Crippen molar-refractivity contribution in [2.24, 2.45) is 5.92 Å². The summed E-state index contributed by atoms with van der Waals surface area (Å²) in [6, 6.07) is 13.8. The van der Waals surface area contributed by atoms with Crippen molar-refractivity contribution < 1.29 is 9.50 Å². The molecule has 0 saturated heterocycles. The van der Waals surface area contributed by atoms with Gasteiger partial charge in [-0.3, -0.25) is 10.1 Å². The van der Waals surface area contributed by atoms with E-state index in [2.05, 4.69) is 36.5 Å². The minimum Gasteiger partial charge on any atom is -0.508 e. The van der Waals surface area contributed by atoms with Crippen LogP contribution in [-0.2, 0) is 6.54 Å². The van der Waals surface area contributed by atoms with Crippen LogP contribution in [0.15, 0.2) is 67.1 Å². The zero-order valence-corrected chi connectivity index (χ0v) is 21.8. The molecule has 9 heteroatoms. The van der Waals surface area contributed by atoms with E-state index in [0.29, 0.717) is 16.9 Å². The van der Waals surface area contributed by atoms with E-state index in [1.54, 1.807) is 12.3 Å². The van der Waals surface area contributed by atoms with Crippen LogP contribution < -0.4 is 5.32 Å². The van der Waals surface area contributed by atoms with Gasteiger partial charge >= 0.3 is 0 Å². The van der Waals surface area contributed by atoms with E-state index in [-0.39, 0.29) is 5.75 Å². The third-order valence-electron chi connectivity index (χ3n) is 7.72. The van der Waals surface area contributed by atoms with Crippen molar-refractivity contribution in [3.05, 3.63) is 78.5 Å². The number of hydrogen-bond acceptors (Lipinski definition) is 6. The van der Waals surface area contributed by atoms with E-state index in [0.717, 1.165) is 69.6 Å². The molecule has 0 spiro atoms. The smallest absolute Gasteiger partial charge is 0.138 e. The van der Waals surface area contributed by atoms with Crippen LogP contribution in [0.2, 0.25) is 0 Å². The average molecular weight is 534 g/mol. The number of hydrogen-bond donors (Lipinski definition) is 4. The SMILES string of the molecule is Oc1cc(F)cc(-c2ccnc3[nH]c(-c4n[nH]c5ccc(-c6cncc(CNCC7CCCC7)c6)nc45)cc23)c1. The summed E-state index contributed by atoms with van der Waals surface area (Å²) < 4.78 is 14.0. The highest BCUT2D eigenvalue weighted by atomic mass is 19.1. The van der Waals surface area contributed by atoms with Crippen LogP contribution in [0.3, 0.4) is 0 Å². The number of benzene rings is 1. The van der Waals surface area contributed by atoms with Crippen molar-refractivity contribution in [1.82, 2.24) is 35.5 Å². The highest BCUT2D eigenvalue weighted by molar-refractivity contribution is 5.99. The van der Waals surface area contributed by atoms with Gasteiger partial charge in [-0.05, 0) is 84.5 Å². The summed E-state index contributed by atoms with van der Waals surface area (Å²) in [5, 5.41) is 21.9. The maximum atomic E-state index is 14.0. The lowest BCUT2D eigenvalue weighted by atomic mass is 10.0. The van der Waals surface area contributed by atoms with Crippen molar-refractivity contribution in [1.29, 1.82) is 0 Å². The number of pyridine rings is 3. The number of aromatic hydroxyl groups is 1. The summed E-state index contributed by atoms with van der Waals surface area (Å²) >= 11 is 0. The number of nitrogens with one attached hydrogen (secondary N) is 3. The molecule has 0 aliphatic heterocycles. The Labute approximate surface area is 229 Å². The Hall–Kier alpha value is -4.63. The van der Waals surface area contributed by atoms with Gasteiger partial charge in [-0.15, -0.1) is 0 Å². The molecule has 5 aromatic heterocycles. The van der Waals surface area contributed by atoms with Gasteiger partial charge in [0.25, 0.3) is 0 Å². The van der Waals surface area contributed by atoms with Gasteiger partial charge in [-0.25, -0.2) is 14.4 Å². The van der Waals surface area contributed by atoms with Crippen molar-refractivity contribution in [3.8, 4) is 39.5 Å². The molecule has 1 aliphatic carbocycles. The number of fused-ring (bicyclic) bond motifs is 2. The number of aromatic nitrogens is 6. The summed E-state index contributed by atoms with van der Waals surface area (Å²) in [6.45, 7) is 1.83. The molecule has 0 amide bonds. The Balaban J connectivity index is 1.21. The Morgan fingerprint density at radius 3 is 2.77 bits per heavy atom. The summed E-state index contributed by atoms with van der Waals surface area (Å²) in [5.74, 6) is 0.152. The number of phenolic OH excluding ortho intramolecular Hbond substituents is 1. The van der Waals surface area contributed by atoms with Crippen molar-refractivity contribution in [3.63, 3.8) is 0 Å². The average Bonchev–Trinajstić information content (AvgIpc) is 3.71. The normalized spacial score (nSPS) is 14.0. The van der Waals surface area contributed by atoms with Gasteiger partial charge in [0.15, 0.2) is 0 Å². The summed E-state index contributed by atoms with van der Waals surface area (Å²) in [5.41, 5.74) is 7.74. The fourth-order valence-electron chi connectivity index (χ4n) is 5.74. The molecule has 6 aromatic rings. The van der Waals surface area contributed by atoms with Crippen LogP contribution in [-0.4, -0.2) is 41.8 Å². The monoisotopic (exact) mass is 533 g/mol. The maximum Gasteiger partial charge on any atom is 0.138 e. The van der Waals surface area contributed by atoms with E-state index in [1.807, 2.05) is 30.6 Å². The van der Waals surface area contributed by atoms with Crippen molar-refractivity contribution in [2.75, 3.05) is 6.54 Å². The largest absolute Gasteiger partial charge is 0.508 e. The quantitative estimate of drug-likeness (QED) is 0.190. The maximum absolute atomic E-state index is 14.0. The minimum atomic E-state index is -0.506. The third kappa shape index (κ3) is 4.69. The number of aromatic amines is 2. The number of nitrogens with zero attached hydrogens (tertiary/aromatic N) is 4. The molecule has 1 fully saturated rings. The molecule has 40 heavy (non-hydrogen) atoms. The predicted octanol–water partition coefficient (Wildman–Crippen LogP) is 6.35. The fourth-order valence-corrected chi connectivity index (χ4v) is 5.74. The first-order chi connectivity index (χ1) is 19.6. The molecule has 0 bridgehead atoms. The van der Waals surface area contributed by atoms with E-state index in [4.69, 9.17) is 4.98 Å². The highest BCUT2D eigenvalue weighted by Gasteiger charge is 2.17. The van der Waals surface area contributed by atoms with Crippen molar-refractivity contribution >= 4 is 22.1 Å². The lowest BCUT2D eigenvalue weighted by molar-refractivity contribution is 0.469. The van der Waals surface area contributed by atoms with E-state index >= 15 is 0 Å². The number of halogens is 1. The summed E-state index contributed by atoms with van der Waals surface area (Å²) in [6.07, 6.45) is 10.7. The molecule has 4 N–H and O–H groups in total. The summed E-state index contributed by atoms with van der Waals surface area (Å²) in [7, 11) is 0. The highest BCUT2D eigenvalue weighted by Crippen LogP contribution is 2.34. The number of rotatable bonds is 7. The second-order valence-electron chi connectivity index (χ2n) is 10.5. The van der Waals surface area contributed by atoms with Crippen LogP contribution in [0.5, 0.6) is 5.75 Å². The lowest BCUT2D eigenvalue weighted by Crippen LogP contribution is -2.20. The van der Waals surface area contributed by atoms with Gasteiger partial charge in [-0.1, -0.05) is 12.8 Å². The van der Waals surface area contributed by atoms with Gasteiger partial charge < -0.3 is 15.4 Å². The molecule has 5 heterocycles. The van der Waals surface area contributed by atoms with Crippen LogP contribution >= 0.6 is 0 Å². The standard InChI is InChI=1S/C31H28FN7O/c32-22-10-20(11-23(40)12-22)24-7-8-35-31-25(24)13-28(37-31)30-29-27(38-39-30)6-5-26(36-29)21-9-19(16-34-17-21)15-33-14-18-3-1-2-4-18/h5-13,16-18,33,40H,1-4,14-15H2,(H,35,37)(H,38,39). The first-order valence-corrected chi connectivity index (χ1v) is 13.6. The molecule has 1 aliphatic rings. The first-order valence-electron chi connectivity index (χ1n) is 13.6. The molecule has 7 rings (SSSR count). The number of phenols is 1. The topological polar surface area (TPSA) is 115 Å². The second-order valence-corrected chi connectivity index (χ2v) is 10.5. The van der Waals surface area contributed by atoms with Gasteiger partial charge in [-0.2, -0.15) is 5.10 Å². The molecular formula is C31H28FN7O. The van der Waals surface area contributed by atoms with Gasteiger partial charge in [0.1, 0.15) is 28.4 Å². The van der Waals surface area contributed by atoms with E-state index in [1.165, 1.54) is 37.8 Å². The zero-order valence-electron chi connectivity index (χ0n) is 21.8. The minimum absolute atomic E-state index is 0.131. The van der Waals surface area contributed by atoms with E-state index < -0.39 is 5.82 Å². The molecule has 1 aromatic carbocycles. The Morgan fingerprint density at radius 1 is 1.00 bits per heavy atom. The molecule has 200 valence electrons. The lowest BCUT2D eigenvalue weighted by Gasteiger charge is -2.11.